The van der Waals surface area contributed by atoms with Crippen LogP contribution in [0.1, 0.15) is 30.6 Å². The molecule has 0 radical (unpaired) electrons. The molecular formula is C12H15BrN2O. The minimum Gasteiger partial charge on any atom is -0.399 e. The minimum atomic E-state index is -0.0522. The molecule has 1 atom stereocenters. The fourth-order valence-corrected chi connectivity index (χ4v) is 2.21. The number of hydrogen-bond donors (Lipinski definition) is 2. The van der Waals surface area contributed by atoms with Crippen LogP contribution in [0.15, 0.2) is 22.7 Å². The number of nitrogens with two attached hydrogens (primary N) is 1. The van der Waals surface area contributed by atoms with Crippen LogP contribution in [-0.2, 0) is 0 Å². The average molecular weight is 283 g/mol. The van der Waals surface area contributed by atoms with Crippen LogP contribution in [0.25, 0.3) is 0 Å². The standard InChI is InChI=1S/C12H15BrN2O/c1-12(2)6-10(12)15-11(16)7-3-8(13)5-9(14)4-7/h3-5,10H,6,14H2,1-2H3,(H,15,16). The maximum absolute atomic E-state index is 11.9. The third-order valence-electron chi connectivity index (χ3n) is 3.00. The number of benzene rings is 1. The smallest absolute Gasteiger partial charge is 0.251 e. The van der Waals surface area contributed by atoms with Crippen molar-refractivity contribution >= 4 is 27.5 Å². The first-order valence-electron chi connectivity index (χ1n) is 5.25. The van der Waals surface area contributed by atoms with Gasteiger partial charge in [0.25, 0.3) is 5.91 Å². The van der Waals surface area contributed by atoms with Gasteiger partial charge in [-0.25, -0.2) is 0 Å². The van der Waals surface area contributed by atoms with Gasteiger partial charge in [0.2, 0.25) is 0 Å². The number of halogens is 1. The summed E-state index contributed by atoms with van der Waals surface area (Å²) in [6.07, 6.45) is 1.04. The first-order valence-corrected chi connectivity index (χ1v) is 6.05. The van der Waals surface area contributed by atoms with E-state index in [1.807, 2.05) is 0 Å². The van der Waals surface area contributed by atoms with E-state index in [1.54, 1.807) is 18.2 Å². The summed E-state index contributed by atoms with van der Waals surface area (Å²) in [4.78, 5) is 11.9. The molecule has 0 aromatic heterocycles. The van der Waals surface area contributed by atoms with Crippen molar-refractivity contribution in [3.05, 3.63) is 28.2 Å². The molecule has 1 fully saturated rings. The predicted octanol–water partition coefficient (Wildman–Crippen LogP) is 2.56. The number of anilines is 1. The van der Waals surface area contributed by atoms with E-state index in [0.29, 0.717) is 17.3 Å². The van der Waals surface area contributed by atoms with Crippen molar-refractivity contribution in [3.8, 4) is 0 Å². The first-order chi connectivity index (χ1) is 7.38. The Balaban J connectivity index is 2.09. The van der Waals surface area contributed by atoms with Crippen molar-refractivity contribution in [1.82, 2.24) is 5.32 Å². The summed E-state index contributed by atoms with van der Waals surface area (Å²) in [5, 5.41) is 3.00. The van der Waals surface area contributed by atoms with E-state index in [9.17, 15) is 4.79 Å². The second kappa shape index (κ2) is 3.77. The van der Waals surface area contributed by atoms with Crippen molar-refractivity contribution in [1.29, 1.82) is 0 Å². The van der Waals surface area contributed by atoms with Gasteiger partial charge >= 0.3 is 0 Å². The molecule has 0 heterocycles. The van der Waals surface area contributed by atoms with Crippen molar-refractivity contribution in [2.24, 2.45) is 5.41 Å². The Morgan fingerprint density at radius 3 is 2.62 bits per heavy atom. The van der Waals surface area contributed by atoms with E-state index >= 15 is 0 Å². The highest BCUT2D eigenvalue weighted by Crippen LogP contribution is 2.44. The second-order valence-electron chi connectivity index (χ2n) is 4.99. The molecule has 1 unspecified atom stereocenters. The summed E-state index contributed by atoms with van der Waals surface area (Å²) in [5.74, 6) is -0.0522. The Morgan fingerprint density at radius 1 is 1.50 bits per heavy atom. The van der Waals surface area contributed by atoms with Gasteiger partial charge in [-0.15, -0.1) is 0 Å². The molecular weight excluding hydrogens is 268 g/mol. The second-order valence-corrected chi connectivity index (χ2v) is 5.91. The Morgan fingerprint density at radius 2 is 2.12 bits per heavy atom. The number of amides is 1. The average Bonchev–Trinajstić information content (AvgIpc) is 2.71. The number of nitrogens with one attached hydrogen (secondary N) is 1. The SMILES string of the molecule is CC1(C)CC1NC(=O)c1cc(N)cc(Br)c1. The van der Waals surface area contributed by atoms with Gasteiger partial charge in [0, 0.05) is 21.8 Å². The van der Waals surface area contributed by atoms with Gasteiger partial charge in [-0.2, -0.15) is 0 Å². The van der Waals surface area contributed by atoms with Crippen LogP contribution in [0.4, 0.5) is 5.69 Å². The molecule has 0 spiro atoms. The van der Waals surface area contributed by atoms with Gasteiger partial charge in [0.05, 0.1) is 0 Å². The third-order valence-corrected chi connectivity index (χ3v) is 3.46. The summed E-state index contributed by atoms with van der Waals surface area (Å²) in [5.41, 5.74) is 7.13. The highest BCUT2D eigenvalue weighted by Gasteiger charge is 2.46. The lowest BCUT2D eigenvalue weighted by Crippen LogP contribution is -2.28. The van der Waals surface area contributed by atoms with Crippen LogP contribution < -0.4 is 11.1 Å². The fraction of sp³-hybridized carbons (Fsp3) is 0.417. The van der Waals surface area contributed by atoms with Crippen molar-refractivity contribution in [3.63, 3.8) is 0 Å². The largest absolute Gasteiger partial charge is 0.399 e. The molecule has 3 nitrogen and oxygen atoms in total. The van der Waals surface area contributed by atoms with Crippen molar-refractivity contribution < 1.29 is 4.79 Å². The molecule has 1 aromatic carbocycles. The van der Waals surface area contributed by atoms with Crippen LogP contribution in [-0.4, -0.2) is 11.9 Å². The molecule has 1 saturated carbocycles. The number of nitrogen functional groups attached to an aromatic ring is 1. The lowest BCUT2D eigenvalue weighted by Gasteiger charge is -2.07. The lowest BCUT2D eigenvalue weighted by molar-refractivity contribution is 0.0946. The lowest BCUT2D eigenvalue weighted by atomic mass is 10.1. The Bertz CT molecular complexity index is 422. The third kappa shape index (κ3) is 2.38. The van der Waals surface area contributed by atoms with E-state index in [4.69, 9.17) is 5.73 Å². The Labute approximate surface area is 104 Å². The number of rotatable bonds is 2. The van der Waals surface area contributed by atoms with E-state index in [1.165, 1.54) is 0 Å². The Kier molecular flexibility index (Phi) is 2.70. The van der Waals surface area contributed by atoms with Gasteiger partial charge in [-0.05, 0) is 30.0 Å². The van der Waals surface area contributed by atoms with Crippen LogP contribution in [0.3, 0.4) is 0 Å². The molecule has 1 aliphatic carbocycles. The molecule has 1 amide bonds. The molecule has 1 aromatic rings. The fourth-order valence-electron chi connectivity index (χ4n) is 1.70. The molecule has 0 saturated heterocycles. The van der Waals surface area contributed by atoms with Crippen LogP contribution in [0, 0.1) is 5.41 Å². The number of hydrogen-bond acceptors (Lipinski definition) is 2. The van der Waals surface area contributed by atoms with Gasteiger partial charge in [0.1, 0.15) is 0 Å². The molecule has 0 bridgehead atoms. The molecule has 86 valence electrons. The van der Waals surface area contributed by atoms with E-state index < -0.39 is 0 Å². The molecule has 1 aliphatic rings. The molecule has 16 heavy (non-hydrogen) atoms. The zero-order chi connectivity index (χ0) is 11.9. The Hall–Kier alpha value is -1.03. The summed E-state index contributed by atoms with van der Waals surface area (Å²) >= 11 is 3.33. The quantitative estimate of drug-likeness (QED) is 0.820. The molecule has 0 aliphatic heterocycles. The summed E-state index contributed by atoms with van der Waals surface area (Å²) in [6.45, 7) is 4.29. The van der Waals surface area contributed by atoms with Gasteiger partial charge in [-0.1, -0.05) is 29.8 Å². The normalized spacial score (nSPS) is 21.6. The van der Waals surface area contributed by atoms with E-state index in [0.717, 1.165) is 10.9 Å². The highest BCUT2D eigenvalue weighted by molar-refractivity contribution is 9.10. The van der Waals surface area contributed by atoms with E-state index in [2.05, 4.69) is 35.1 Å². The van der Waals surface area contributed by atoms with Crippen molar-refractivity contribution in [2.45, 2.75) is 26.3 Å². The summed E-state index contributed by atoms with van der Waals surface area (Å²) in [6, 6.07) is 5.54. The van der Waals surface area contributed by atoms with Gasteiger partial charge in [-0.3, -0.25) is 4.79 Å². The molecule has 2 rings (SSSR count). The topological polar surface area (TPSA) is 55.1 Å². The highest BCUT2D eigenvalue weighted by atomic mass is 79.9. The van der Waals surface area contributed by atoms with Crippen LogP contribution in [0.2, 0.25) is 0 Å². The summed E-state index contributed by atoms with van der Waals surface area (Å²) < 4.78 is 0.827. The zero-order valence-corrected chi connectivity index (χ0v) is 11.0. The maximum atomic E-state index is 11.9. The van der Waals surface area contributed by atoms with Crippen LogP contribution >= 0.6 is 15.9 Å². The van der Waals surface area contributed by atoms with E-state index in [-0.39, 0.29) is 11.3 Å². The summed E-state index contributed by atoms with van der Waals surface area (Å²) in [7, 11) is 0. The van der Waals surface area contributed by atoms with Crippen molar-refractivity contribution in [2.75, 3.05) is 5.73 Å². The zero-order valence-electron chi connectivity index (χ0n) is 9.38. The van der Waals surface area contributed by atoms with Gasteiger partial charge < -0.3 is 11.1 Å². The first kappa shape index (κ1) is 11.5. The van der Waals surface area contributed by atoms with Crippen LogP contribution in [0.5, 0.6) is 0 Å². The van der Waals surface area contributed by atoms with Gasteiger partial charge in [0.15, 0.2) is 0 Å². The molecule has 4 heteroatoms. The predicted molar refractivity (Wildman–Crippen MR) is 68.2 cm³/mol. The monoisotopic (exact) mass is 282 g/mol. The number of carbonyl (C=O) groups is 1. The number of carbonyl (C=O) groups excluding carboxylic acids is 1. The molecule has 3 N–H and O–H groups in total. The minimum absolute atomic E-state index is 0.0522. The maximum Gasteiger partial charge on any atom is 0.251 e.